The molecule has 1 amide bonds. The number of halogens is 2. The van der Waals surface area contributed by atoms with E-state index in [4.69, 9.17) is 0 Å². The Bertz CT molecular complexity index is 1340. The number of fused-ring (bicyclic) bond motifs is 1. The largest absolute Gasteiger partial charge is 0.298 e. The number of rotatable bonds is 5. The van der Waals surface area contributed by atoms with E-state index < -0.39 is 32.5 Å². The number of anilines is 2. The monoisotopic (exact) mass is 445 g/mol. The number of hydrogen-bond donors (Lipinski definition) is 2. The second-order valence-electron chi connectivity index (χ2n) is 6.17. The van der Waals surface area contributed by atoms with Crippen LogP contribution < -0.4 is 10.0 Å². The predicted molar refractivity (Wildman–Crippen MR) is 111 cm³/mol. The van der Waals surface area contributed by atoms with Crippen molar-refractivity contribution in [3.05, 3.63) is 83.9 Å². The van der Waals surface area contributed by atoms with Crippen molar-refractivity contribution in [3.8, 4) is 0 Å². The molecular formula is C20H13F2N3O3S2. The van der Waals surface area contributed by atoms with Crippen LogP contribution in [0.4, 0.5) is 19.6 Å². The fourth-order valence-electron chi connectivity index (χ4n) is 2.71. The number of nitrogens with one attached hydrogen (secondary N) is 2. The number of nitrogens with zero attached hydrogens (tertiary/aromatic N) is 1. The maximum absolute atomic E-state index is 13.4. The molecule has 1 aromatic heterocycles. The van der Waals surface area contributed by atoms with E-state index in [2.05, 4.69) is 15.0 Å². The van der Waals surface area contributed by atoms with Gasteiger partial charge in [0.15, 0.2) is 16.8 Å². The summed E-state index contributed by atoms with van der Waals surface area (Å²) in [7, 11) is -4.25. The van der Waals surface area contributed by atoms with Gasteiger partial charge in [-0.1, -0.05) is 35.6 Å². The molecule has 0 aliphatic heterocycles. The van der Waals surface area contributed by atoms with Gasteiger partial charge in [0.1, 0.15) is 0 Å². The number of amides is 1. The van der Waals surface area contributed by atoms with Gasteiger partial charge in [-0.2, -0.15) is 0 Å². The minimum Gasteiger partial charge on any atom is -0.298 e. The van der Waals surface area contributed by atoms with Crippen molar-refractivity contribution in [2.45, 2.75) is 4.90 Å². The second kappa shape index (κ2) is 7.81. The summed E-state index contributed by atoms with van der Waals surface area (Å²) in [5.41, 5.74) is 0.758. The minimum absolute atomic E-state index is 0.0131. The predicted octanol–water partition coefficient (Wildman–Crippen LogP) is 4.63. The zero-order chi connectivity index (χ0) is 21.3. The van der Waals surface area contributed by atoms with E-state index in [1.165, 1.54) is 29.5 Å². The lowest BCUT2D eigenvalue weighted by molar-refractivity contribution is 0.102. The van der Waals surface area contributed by atoms with Crippen LogP contribution in [0.2, 0.25) is 0 Å². The second-order valence-corrected chi connectivity index (χ2v) is 8.88. The molecule has 0 radical (unpaired) electrons. The molecule has 0 aliphatic rings. The third-order valence-corrected chi connectivity index (χ3v) is 6.45. The van der Waals surface area contributed by atoms with E-state index in [9.17, 15) is 22.0 Å². The first-order valence-corrected chi connectivity index (χ1v) is 10.9. The quantitative estimate of drug-likeness (QED) is 0.469. The molecule has 0 unspecified atom stereocenters. The minimum atomic E-state index is -4.25. The summed E-state index contributed by atoms with van der Waals surface area (Å²) < 4.78 is 54.9. The zero-order valence-electron chi connectivity index (χ0n) is 15.1. The van der Waals surface area contributed by atoms with E-state index in [1.54, 1.807) is 6.07 Å². The molecule has 0 saturated heterocycles. The fourth-order valence-corrected chi connectivity index (χ4v) is 4.66. The highest BCUT2D eigenvalue weighted by atomic mass is 32.2. The number of para-hydroxylation sites is 2. The van der Waals surface area contributed by atoms with E-state index in [1.807, 2.05) is 24.3 Å². The first-order valence-electron chi connectivity index (χ1n) is 8.57. The van der Waals surface area contributed by atoms with Gasteiger partial charge < -0.3 is 0 Å². The van der Waals surface area contributed by atoms with Crippen LogP contribution in [0.1, 0.15) is 10.4 Å². The number of thiazole rings is 1. The number of hydrogen-bond acceptors (Lipinski definition) is 5. The Labute approximate surface area is 174 Å². The summed E-state index contributed by atoms with van der Waals surface area (Å²) in [6.07, 6.45) is 0. The summed E-state index contributed by atoms with van der Waals surface area (Å²) in [6, 6.07) is 15.5. The molecule has 0 fully saturated rings. The highest BCUT2D eigenvalue weighted by molar-refractivity contribution is 7.92. The van der Waals surface area contributed by atoms with E-state index in [0.717, 1.165) is 22.3 Å². The third-order valence-electron chi connectivity index (χ3n) is 4.13. The molecule has 3 aromatic carbocycles. The molecule has 0 spiro atoms. The van der Waals surface area contributed by atoms with Crippen LogP contribution in [0.25, 0.3) is 10.2 Å². The molecule has 10 heteroatoms. The van der Waals surface area contributed by atoms with Crippen molar-refractivity contribution in [3.63, 3.8) is 0 Å². The summed E-state index contributed by atoms with van der Waals surface area (Å²) in [5, 5.41) is 3.01. The third kappa shape index (κ3) is 4.00. The topological polar surface area (TPSA) is 88.2 Å². The Morgan fingerprint density at radius 2 is 1.67 bits per heavy atom. The molecule has 0 atom stereocenters. The Morgan fingerprint density at radius 3 is 2.43 bits per heavy atom. The Morgan fingerprint density at radius 1 is 0.933 bits per heavy atom. The van der Waals surface area contributed by atoms with E-state index >= 15 is 0 Å². The SMILES string of the molecule is O=C(Nc1nc2ccccc2s1)c1ccccc1NS(=O)(=O)c1ccc(F)c(F)c1. The molecule has 0 saturated carbocycles. The standard InChI is InChI=1S/C20H13F2N3O3S2/c21-14-10-9-12(11-15(14)22)30(27,28)25-16-6-2-1-5-13(16)19(26)24-20-23-17-7-3-4-8-18(17)29-20/h1-11,25H,(H,23,24,26). The first kappa shape index (κ1) is 19.9. The highest BCUT2D eigenvalue weighted by Gasteiger charge is 2.20. The molecule has 2 N–H and O–H groups in total. The molecule has 0 aliphatic carbocycles. The lowest BCUT2D eigenvalue weighted by Gasteiger charge is -2.12. The average Bonchev–Trinajstić information content (AvgIpc) is 3.12. The maximum atomic E-state index is 13.4. The smallest absolute Gasteiger partial charge is 0.262 e. The number of carbonyl (C=O) groups excluding carboxylic acids is 1. The molecule has 4 aromatic rings. The van der Waals surface area contributed by atoms with Crippen LogP contribution in [0.15, 0.2) is 71.6 Å². The van der Waals surface area contributed by atoms with Crippen LogP contribution in [0.5, 0.6) is 0 Å². The van der Waals surface area contributed by atoms with Crippen molar-refractivity contribution >= 4 is 48.3 Å². The normalized spacial score (nSPS) is 11.4. The Balaban J connectivity index is 1.61. The van der Waals surface area contributed by atoms with Crippen molar-refractivity contribution in [2.75, 3.05) is 10.0 Å². The maximum Gasteiger partial charge on any atom is 0.262 e. The van der Waals surface area contributed by atoms with Crippen molar-refractivity contribution < 1.29 is 22.0 Å². The van der Waals surface area contributed by atoms with Gasteiger partial charge in [0.2, 0.25) is 0 Å². The highest BCUT2D eigenvalue weighted by Crippen LogP contribution is 2.27. The first-order chi connectivity index (χ1) is 14.3. The van der Waals surface area contributed by atoms with Crippen molar-refractivity contribution in [1.29, 1.82) is 0 Å². The molecule has 1 heterocycles. The Hall–Kier alpha value is -3.37. The van der Waals surface area contributed by atoms with Crippen molar-refractivity contribution in [2.24, 2.45) is 0 Å². The van der Waals surface area contributed by atoms with E-state index in [-0.39, 0.29) is 11.3 Å². The summed E-state index contributed by atoms with van der Waals surface area (Å²) >= 11 is 1.28. The molecule has 4 rings (SSSR count). The van der Waals surface area contributed by atoms with E-state index in [0.29, 0.717) is 11.2 Å². The van der Waals surface area contributed by atoms with Gasteiger partial charge in [-0.3, -0.25) is 14.8 Å². The van der Waals surface area contributed by atoms with Crippen LogP contribution in [0, 0.1) is 11.6 Å². The lowest BCUT2D eigenvalue weighted by Crippen LogP contribution is -2.18. The molecule has 30 heavy (non-hydrogen) atoms. The van der Waals surface area contributed by atoms with Gasteiger partial charge in [-0.25, -0.2) is 22.2 Å². The van der Waals surface area contributed by atoms with Gasteiger partial charge in [0.25, 0.3) is 15.9 Å². The summed E-state index contributed by atoms with van der Waals surface area (Å²) in [4.78, 5) is 16.6. The fraction of sp³-hybridized carbons (Fsp3) is 0. The van der Waals surface area contributed by atoms with Gasteiger partial charge >= 0.3 is 0 Å². The van der Waals surface area contributed by atoms with Gasteiger partial charge in [-0.15, -0.1) is 0 Å². The number of carbonyl (C=O) groups is 1. The molecule has 6 nitrogen and oxygen atoms in total. The number of benzene rings is 3. The zero-order valence-corrected chi connectivity index (χ0v) is 16.7. The van der Waals surface area contributed by atoms with Gasteiger partial charge in [0.05, 0.1) is 26.4 Å². The number of aromatic nitrogens is 1. The summed E-state index contributed by atoms with van der Waals surface area (Å²) in [5.74, 6) is -3.03. The van der Waals surface area contributed by atoms with Crippen LogP contribution in [-0.4, -0.2) is 19.3 Å². The Kier molecular flexibility index (Phi) is 5.18. The average molecular weight is 445 g/mol. The lowest BCUT2D eigenvalue weighted by atomic mass is 10.2. The molecular weight excluding hydrogens is 432 g/mol. The van der Waals surface area contributed by atoms with Gasteiger partial charge in [0, 0.05) is 0 Å². The number of sulfonamides is 1. The summed E-state index contributed by atoms with van der Waals surface area (Å²) in [6.45, 7) is 0. The van der Waals surface area contributed by atoms with Crippen LogP contribution in [-0.2, 0) is 10.0 Å². The van der Waals surface area contributed by atoms with Crippen LogP contribution in [0.3, 0.4) is 0 Å². The molecule has 0 bridgehead atoms. The van der Waals surface area contributed by atoms with Crippen LogP contribution >= 0.6 is 11.3 Å². The van der Waals surface area contributed by atoms with Crippen molar-refractivity contribution in [1.82, 2.24) is 4.98 Å². The molecule has 152 valence electrons. The van der Waals surface area contributed by atoms with Gasteiger partial charge in [-0.05, 0) is 42.5 Å².